The van der Waals surface area contributed by atoms with Crippen molar-refractivity contribution in [2.24, 2.45) is 10.8 Å². The van der Waals surface area contributed by atoms with Crippen LogP contribution in [0.4, 0.5) is 0 Å². The van der Waals surface area contributed by atoms with Crippen LogP contribution in [0.1, 0.15) is 5.69 Å². The highest BCUT2D eigenvalue weighted by molar-refractivity contribution is 9.10. The van der Waals surface area contributed by atoms with Gasteiger partial charge in [-0.3, -0.25) is 5.43 Å². The Morgan fingerprint density at radius 3 is 3.05 bits per heavy atom. The normalized spacial score (nSPS) is 10.8. The molecule has 0 saturated heterocycles. The number of aromatic nitrogens is 3. The molecule has 0 radical (unpaired) electrons. The second-order valence-electron chi connectivity index (χ2n) is 3.42. The molecule has 6 nitrogen and oxygen atoms in total. The van der Waals surface area contributed by atoms with Gasteiger partial charge in [-0.2, -0.15) is 5.10 Å². The van der Waals surface area contributed by atoms with Gasteiger partial charge in [-0.25, -0.2) is 4.68 Å². The van der Waals surface area contributed by atoms with Gasteiger partial charge in [0.2, 0.25) is 0 Å². The lowest BCUT2D eigenvalue weighted by Crippen LogP contribution is -2.24. The summed E-state index contributed by atoms with van der Waals surface area (Å²) in [4.78, 5) is 0. The van der Waals surface area contributed by atoms with Crippen molar-refractivity contribution in [1.29, 1.82) is 0 Å². The topological polar surface area (TPSA) is 81.1 Å². The number of hydrogen-bond donors (Lipinski definition) is 2. The van der Waals surface area contributed by atoms with E-state index in [1.807, 2.05) is 12.1 Å². The summed E-state index contributed by atoms with van der Waals surface area (Å²) >= 11 is 14.1. The molecule has 3 N–H and O–H groups in total. The lowest BCUT2D eigenvalue weighted by atomic mass is 10.3. The molecule has 2 rings (SSSR count). The minimum atomic E-state index is 0.0830. The van der Waals surface area contributed by atoms with E-state index in [9.17, 15) is 0 Å². The summed E-state index contributed by atoms with van der Waals surface area (Å²) in [6.07, 6.45) is 3.13. The second kappa shape index (κ2) is 6.09. The van der Waals surface area contributed by atoms with Gasteiger partial charge in [0.05, 0.1) is 23.1 Å². The van der Waals surface area contributed by atoms with Gasteiger partial charge in [0.25, 0.3) is 0 Å². The molecule has 9 heteroatoms. The van der Waals surface area contributed by atoms with Gasteiger partial charge in [0.1, 0.15) is 5.69 Å². The maximum atomic E-state index is 6.12. The average Bonchev–Trinajstić information content (AvgIpc) is 2.77. The molecule has 0 amide bonds. The molecule has 1 heterocycles. The van der Waals surface area contributed by atoms with Gasteiger partial charge < -0.3 is 5.73 Å². The molecule has 0 bridgehead atoms. The summed E-state index contributed by atoms with van der Waals surface area (Å²) in [6.45, 7) is 0. The first kappa shape index (κ1) is 13.9. The van der Waals surface area contributed by atoms with Crippen LogP contribution in [0.5, 0.6) is 0 Å². The Morgan fingerprint density at radius 1 is 1.58 bits per heavy atom. The van der Waals surface area contributed by atoms with E-state index in [4.69, 9.17) is 17.3 Å². The second-order valence-corrected chi connectivity index (χ2v) is 5.18. The highest BCUT2D eigenvalue weighted by atomic mass is 79.9. The number of nitrogens with zero attached hydrogens (tertiary/aromatic N) is 4. The fourth-order valence-electron chi connectivity index (χ4n) is 1.28. The van der Waals surface area contributed by atoms with Crippen molar-refractivity contribution in [3.63, 3.8) is 0 Å². The first-order chi connectivity index (χ1) is 9.06. The quantitative estimate of drug-likeness (QED) is 0.496. The summed E-state index contributed by atoms with van der Waals surface area (Å²) in [7, 11) is 0. The molecule has 19 heavy (non-hydrogen) atoms. The Bertz CT molecular complexity index is 641. The zero-order valence-corrected chi connectivity index (χ0v) is 12.6. The molecule has 0 aliphatic carbocycles. The molecular formula is C10H8BrClN6S. The predicted molar refractivity (Wildman–Crippen MR) is 81.6 cm³/mol. The van der Waals surface area contributed by atoms with E-state index in [-0.39, 0.29) is 5.11 Å². The van der Waals surface area contributed by atoms with Crippen LogP contribution in [-0.2, 0) is 0 Å². The monoisotopic (exact) mass is 358 g/mol. The van der Waals surface area contributed by atoms with E-state index in [2.05, 4.69) is 49.0 Å². The molecule has 1 aromatic carbocycles. The van der Waals surface area contributed by atoms with E-state index in [0.29, 0.717) is 10.7 Å². The van der Waals surface area contributed by atoms with Gasteiger partial charge >= 0.3 is 0 Å². The fraction of sp³-hybridized carbons (Fsp3) is 0. The maximum absolute atomic E-state index is 6.12. The summed E-state index contributed by atoms with van der Waals surface area (Å²) in [5.41, 5.74) is 8.93. The van der Waals surface area contributed by atoms with Crippen LogP contribution >= 0.6 is 39.7 Å². The lowest BCUT2D eigenvalue weighted by Gasteiger charge is -2.02. The van der Waals surface area contributed by atoms with Crippen LogP contribution in [0.25, 0.3) is 5.69 Å². The minimum absolute atomic E-state index is 0.0830. The highest BCUT2D eigenvalue weighted by Gasteiger charge is 2.06. The van der Waals surface area contributed by atoms with Gasteiger partial charge in [-0.1, -0.05) is 32.7 Å². The Morgan fingerprint density at radius 2 is 2.37 bits per heavy atom. The van der Waals surface area contributed by atoms with Crippen LogP contribution in [0.15, 0.2) is 34.0 Å². The number of rotatable bonds is 3. The molecule has 0 spiro atoms. The zero-order valence-electron chi connectivity index (χ0n) is 9.42. The van der Waals surface area contributed by atoms with Crippen molar-refractivity contribution >= 4 is 51.1 Å². The van der Waals surface area contributed by atoms with Gasteiger partial charge in [0, 0.05) is 4.47 Å². The van der Waals surface area contributed by atoms with E-state index in [0.717, 1.165) is 10.2 Å². The van der Waals surface area contributed by atoms with Crippen LogP contribution in [-0.4, -0.2) is 26.3 Å². The van der Waals surface area contributed by atoms with Crippen LogP contribution in [0, 0.1) is 0 Å². The number of thiocarbonyl (C=S) groups is 1. The number of hydrazone groups is 1. The van der Waals surface area contributed by atoms with Gasteiger partial charge in [0.15, 0.2) is 5.11 Å². The first-order valence-corrected chi connectivity index (χ1v) is 6.60. The smallest absolute Gasteiger partial charge is 0.184 e. The zero-order chi connectivity index (χ0) is 13.8. The van der Waals surface area contributed by atoms with E-state index in [1.165, 1.54) is 6.21 Å². The standard InChI is InChI=1S/C10H8BrClN6S/c11-6-1-2-9(8(12)3-6)18-5-7(15-17-18)4-14-16-10(13)19/h1-5H,(H3,13,16,19)/b14-4+. The number of halogens is 2. The third-order valence-corrected chi connectivity index (χ3v) is 2.93. The molecule has 0 aliphatic rings. The number of benzene rings is 1. The Kier molecular flexibility index (Phi) is 4.46. The third-order valence-electron chi connectivity index (χ3n) is 2.04. The summed E-state index contributed by atoms with van der Waals surface area (Å²) in [5, 5.41) is 12.3. The van der Waals surface area contributed by atoms with Crippen molar-refractivity contribution in [3.05, 3.63) is 39.6 Å². The number of nitrogens with two attached hydrogens (primary N) is 1. The van der Waals surface area contributed by atoms with E-state index < -0.39 is 0 Å². The molecule has 0 saturated carbocycles. The van der Waals surface area contributed by atoms with Crippen LogP contribution in [0.2, 0.25) is 5.02 Å². The largest absolute Gasteiger partial charge is 0.375 e. The summed E-state index contributed by atoms with van der Waals surface area (Å²) in [6, 6.07) is 5.47. The van der Waals surface area contributed by atoms with Gasteiger partial charge in [-0.05, 0) is 30.4 Å². The molecule has 98 valence electrons. The number of hydrogen-bond acceptors (Lipinski definition) is 4. The van der Waals surface area contributed by atoms with Crippen molar-refractivity contribution in [3.8, 4) is 5.69 Å². The van der Waals surface area contributed by atoms with Crippen LogP contribution in [0.3, 0.4) is 0 Å². The summed E-state index contributed by atoms with van der Waals surface area (Å²) in [5.74, 6) is 0. The molecule has 0 aliphatic heterocycles. The molecule has 0 atom stereocenters. The molecule has 0 unspecified atom stereocenters. The lowest BCUT2D eigenvalue weighted by molar-refractivity contribution is 0.803. The van der Waals surface area contributed by atoms with Crippen molar-refractivity contribution in [2.45, 2.75) is 0 Å². The predicted octanol–water partition coefficient (Wildman–Crippen LogP) is 1.85. The molecular weight excluding hydrogens is 352 g/mol. The number of nitrogens with one attached hydrogen (secondary N) is 1. The molecule has 0 fully saturated rings. The average molecular weight is 360 g/mol. The SMILES string of the molecule is NC(=S)N/N=C/c1cn(-c2ccc(Br)cc2Cl)nn1. The highest BCUT2D eigenvalue weighted by Crippen LogP contribution is 2.23. The molecule has 1 aromatic heterocycles. The first-order valence-electron chi connectivity index (χ1n) is 5.02. The van der Waals surface area contributed by atoms with Gasteiger partial charge in [-0.15, -0.1) is 5.10 Å². The van der Waals surface area contributed by atoms with E-state index >= 15 is 0 Å². The summed E-state index contributed by atoms with van der Waals surface area (Å²) < 4.78 is 2.44. The minimum Gasteiger partial charge on any atom is -0.375 e. The van der Waals surface area contributed by atoms with Crippen molar-refractivity contribution in [2.75, 3.05) is 0 Å². The molecule has 2 aromatic rings. The van der Waals surface area contributed by atoms with Crippen molar-refractivity contribution < 1.29 is 0 Å². The Labute approximate surface area is 127 Å². The van der Waals surface area contributed by atoms with Crippen LogP contribution < -0.4 is 11.2 Å². The Hall–Kier alpha value is -1.51. The maximum Gasteiger partial charge on any atom is 0.184 e. The fourth-order valence-corrected chi connectivity index (χ4v) is 2.10. The Balaban J connectivity index is 2.21. The van der Waals surface area contributed by atoms with E-state index in [1.54, 1.807) is 16.9 Å². The van der Waals surface area contributed by atoms with Crippen molar-refractivity contribution in [1.82, 2.24) is 20.4 Å². The third kappa shape index (κ3) is 3.72.